The van der Waals surface area contributed by atoms with Gasteiger partial charge in [-0.15, -0.1) is 0 Å². The van der Waals surface area contributed by atoms with Gasteiger partial charge in [0.25, 0.3) is 0 Å². The van der Waals surface area contributed by atoms with Crippen molar-refractivity contribution in [2.45, 2.75) is 0 Å². The van der Waals surface area contributed by atoms with Crippen LogP contribution in [0.2, 0.25) is 0 Å². The van der Waals surface area contributed by atoms with Gasteiger partial charge in [0.2, 0.25) is 0 Å². The number of benzene rings is 1. The van der Waals surface area contributed by atoms with Crippen molar-refractivity contribution in [3.05, 3.63) is 53.4 Å². The molecule has 18 heavy (non-hydrogen) atoms. The van der Waals surface area contributed by atoms with Crippen molar-refractivity contribution in [3.8, 4) is 0 Å². The molecule has 0 heterocycles. The molecule has 0 saturated heterocycles. The van der Waals surface area contributed by atoms with Gasteiger partial charge >= 0.3 is 5.97 Å². The second-order valence-electron chi connectivity index (χ2n) is 3.25. The van der Waals surface area contributed by atoms with Crippen LogP contribution in [0.4, 0.5) is 13.2 Å². The molecule has 0 aliphatic heterocycles. The molecule has 0 aromatic heterocycles. The largest absolute Gasteiger partial charge is 0.478 e. The van der Waals surface area contributed by atoms with E-state index in [2.05, 4.69) is 0 Å². The molecule has 1 rings (SSSR count). The Bertz CT molecular complexity index is 531. The van der Waals surface area contributed by atoms with E-state index in [0.29, 0.717) is 0 Å². The van der Waals surface area contributed by atoms with Crippen LogP contribution in [0.25, 0.3) is 18.2 Å². The average molecular weight is 254 g/mol. The van der Waals surface area contributed by atoms with Crippen LogP contribution in [0.5, 0.6) is 0 Å². The molecule has 0 spiro atoms. The molecule has 0 unspecified atom stereocenters. The first kappa shape index (κ1) is 13.8. The molecule has 0 fully saturated rings. The monoisotopic (exact) mass is 254 g/mol. The zero-order chi connectivity index (χ0) is 13.5. The summed E-state index contributed by atoms with van der Waals surface area (Å²) in [7, 11) is 0. The first-order valence-corrected chi connectivity index (χ1v) is 4.85. The zero-order valence-electron chi connectivity index (χ0n) is 9.11. The number of carbonyl (C=O) groups is 1. The third kappa shape index (κ3) is 3.10. The lowest BCUT2D eigenvalue weighted by molar-refractivity contribution is 0.0696. The number of halogens is 3. The van der Waals surface area contributed by atoms with E-state index in [1.54, 1.807) is 0 Å². The molecule has 94 valence electrons. The van der Waals surface area contributed by atoms with Crippen LogP contribution in [0.15, 0.2) is 31.1 Å². The molecule has 2 nitrogen and oxygen atoms in total. The Morgan fingerprint density at radius 1 is 0.889 bits per heavy atom. The van der Waals surface area contributed by atoms with Crippen molar-refractivity contribution in [1.82, 2.24) is 0 Å². The highest BCUT2D eigenvalue weighted by molar-refractivity contribution is 5.94. The summed E-state index contributed by atoms with van der Waals surface area (Å²) >= 11 is 0. The SMILES string of the molecule is O=C(O)c1cc(C=CF)c(C=CF)cc1C=CF. The van der Waals surface area contributed by atoms with Crippen LogP contribution in [0, 0.1) is 0 Å². The van der Waals surface area contributed by atoms with Gasteiger partial charge in [0, 0.05) is 0 Å². The summed E-state index contributed by atoms with van der Waals surface area (Å²) in [6.45, 7) is 0. The lowest BCUT2D eigenvalue weighted by atomic mass is 9.98. The van der Waals surface area contributed by atoms with E-state index in [1.807, 2.05) is 0 Å². The summed E-state index contributed by atoms with van der Waals surface area (Å²) in [6.07, 6.45) is 3.56. The van der Waals surface area contributed by atoms with E-state index in [0.717, 1.165) is 24.3 Å². The van der Waals surface area contributed by atoms with Crippen molar-refractivity contribution < 1.29 is 23.1 Å². The number of carboxylic acids is 1. The molecule has 5 heteroatoms. The Labute approximate surface area is 101 Å². The van der Waals surface area contributed by atoms with E-state index in [1.165, 1.54) is 6.07 Å². The highest BCUT2D eigenvalue weighted by Crippen LogP contribution is 2.22. The van der Waals surface area contributed by atoms with Crippen molar-refractivity contribution in [2.24, 2.45) is 0 Å². The minimum atomic E-state index is -1.28. The summed E-state index contributed by atoms with van der Waals surface area (Å²) in [5.41, 5.74) is 0.284. The Morgan fingerprint density at radius 3 is 1.78 bits per heavy atom. The van der Waals surface area contributed by atoms with E-state index in [-0.39, 0.29) is 41.2 Å². The van der Waals surface area contributed by atoms with Gasteiger partial charge in [-0.05, 0) is 47.1 Å². The molecule has 0 bridgehead atoms. The number of rotatable bonds is 4. The third-order valence-electron chi connectivity index (χ3n) is 2.21. The van der Waals surface area contributed by atoms with Crippen LogP contribution in [-0.4, -0.2) is 11.1 Å². The normalized spacial score (nSPS) is 11.9. The molecular weight excluding hydrogens is 245 g/mol. The maximum absolute atomic E-state index is 12.2. The molecular formula is C13H9F3O2. The van der Waals surface area contributed by atoms with Crippen molar-refractivity contribution >= 4 is 24.2 Å². The molecule has 0 aliphatic rings. The predicted octanol–water partition coefficient (Wildman–Crippen LogP) is 4.21. The van der Waals surface area contributed by atoms with Crippen molar-refractivity contribution in [2.75, 3.05) is 0 Å². The minimum Gasteiger partial charge on any atom is -0.478 e. The Balaban J connectivity index is 3.53. The van der Waals surface area contributed by atoms with Crippen LogP contribution in [0.3, 0.4) is 0 Å². The number of aromatic carboxylic acids is 1. The van der Waals surface area contributed by atoms with Crippen LogP contribution in [0.1, 0.15) is 27.0 Å². The van der Waals surface area contributed by atoms with Gasteiger partial charge in [-0.1, -0.05) is 0 Å². The maximum Gasteiger partial charge on any atom is 0.336 e. The van der Waals surface area contributed by atoms with E-state index in [9.17, 15) is 18.0 Å². The third-order valence-corrected chi connectivity index (χ3v) is 2.21. The van der Waals surface area contributed by atoms with Crippen molar-refractivity contribution in [3.63, 3.8) is 0 Å². The number of hydrogen-bond acceptors (Lipinski definition) is 1. The summed E-state index contributed by atoms with van der Waals surface area (Å²) < 4.78 is 36.5. The fraction of sp³-hybridized carbons (Fsp3) is 0. The molecule has 0 saturated carbocycles. The molecule has 1 aromatic carbocycles. The first-order chi connectivity index (χ1) is 8.63. The summed E-state index contributed by atoms with van der Waals surface area (Å²) in [4.78, 5) is 11.0. The molecule has 0 amide bonds. The smallest absolute Gasteiger partial charge is 0.336 e. The second-order valence-corrected chi connectivity index (χ2v) is 3.25. The Kier molecular flexibility index (Phi) is 4.92. The van der Waals surface area contributed by atoms with E-state index in [4.69, 9.17) is 5.11 Å². The van der Waals surface area contributed by atoms with Gasteiger partial charge in [0.15, 0.2) is 0 Å². The number of hydrogen-bond donors (Lipinski definition) is 1. The first-order valence-electron chi connectivity index (χ1n) is 4.85. The summed E-state index contributed by atoms with van der Waals surface area (Å²) in [6, 6.07) is 2.40. The highest BCUT2D eigenvalue weighted by atomic mass is 19.1. The zero-order valence-corrected chi connectivity index (χ0v) is 9.11. The molecule has 0 atom stereocenters. The highest BCUT2D eigenvalue weighted by Gasteiger charge is 2.11. The predicted molar refractivity (Wildman–Crippen MR) is 63.8 cm³/mol. The maximum atomic E-state index is 12.2. The van der Waals surface area contributed by atoms with Crippen LogP contribution < -0.4 is 0 Å². The van der Waals surface area contributed by atoms with Crippen LogP contribution >= 0.6 is 0 Å². The van der Waals surface area contributed by atoms with Gasteiger partial charge in [0.1, 0.15) is 0 Å². The summed E-state index contributed by atoms with van der Waals surface area (Å²) in [5, 5.41) is 8.94. The fourth-order valence-electron chi connectivity index (χ4n) is 1.47. The fourth-order valence-corrected chi connectivity index (χ4v) is 1.47. The van der Waals surface area contributed by atoms with Crippen LogP contribution in [-0.2, 0) is 0 Å². The van der Waals surface area contributed by atoms with Gasteiger partial charge in [0.05, 0.1) is 24.6 Å². The van der Waals surface area contributed by atoms with E-state index >= 15 is 0 Å². The molecule has 1 aromatic rings. The van der Waals surface area contributed by atoms with E-state index < -0.39 is 5.97 Å². The lowest BCUT2D eigenvalue weighted by Crippen LogP contribution is -2.01. The Morgan fingerprint density at radius 2 is 1.33 bits per heavy atom. The van der Waals surface area contributed by atoms with Gasteiger partial charge in [-0.2, -0.15) is 0 Å². The van der Waals surface area contributed by atoms with Gasteiger partial charge < -0.3 is 5.11 Å². The molecule has 0 aliphatic carbocycles. The standard InChI is InChI=1S/C13H9F3O2/c14-4-1-9-7-11(3-6-16)12(13(17)18)8-10(9)2-5-15/h1-8H,(H,17,18). The Hall–Kier alpha value is -2.30. The van der Waals surface area contributed by atoms with Gasteiger partial charge in [-0.3, -0.25) is 0 Å². The topological polar surface area (TPSA) is 37.3 Å². The van der Waals surface area contributed by atoms with Gasteiger partial charge in [-0.25, -0.2) is 18.0 Å². The quantitative estimate of drug-likeness (QED) is 0.874. The molecule has 1 N–H and O–H groups in total. The number of carboxylic acid groups (broad SMARTS) is 1. The second kappa shape index (κ2) is 6.44. The van der Waals surface area contributed by atoms with Crippen molar-refractivity contribution in [1.29, 1.82) is 0 Å². The lowest BCUT2D eigenvalue weighted by Gasteiger charge is -2.07. The minimum absolute atomic E-state index is 0.0640. The summed E-state index contributed by atoms with van der Waals surface area (Å²) in [5.74, 6) is -1.28. The average Bonchev–Trinajstić information content (AvgIpc) is 2.32. The molecule has 0 radical (unpaired) electrons.